The fourth-order valence-corrected chi connectivity index (χ4v) is 4.65. The summed E-state index contributed by atoms with van der Waals surface area (Å²) in [6.45, 7) is 3.84. The summed E-state index contributed by atoms with van der Waals surface area (Å²) in [5, 5.41) is 0. The van der Waals surface area contributed by atoms with Crippen molar-refractivity contribution in [3.8, 4) is 5.75 Å². The summed E-state index contributed by atoms with van der Waals surface area (Å²) in [7, 11) is 0. The molecule has 0 bridgehead atoms. The van der Waals surface area contributed by atoms with Crippen LogP contribution in [-0.2, 0) is 6.42 Å². The summed E-state index contributed by atoms with van der Waals surface area (Å²) in [4.78, 5) is 13.8. The molecule has 0 aromatic heterocycles. The van der Waals surface area contributed by atoms with Crippen molar-refractivity contribution in [3.05, 3.63) is 29.3 Å². The number of rotatable bonds is 8. The van der Waals surface area contributed by atoms with Gasteiger partial charge < -0.3 is 15.4 Å². The monoisotopic (exact) mass is 358 g/mol. The molecule has 144 valence electrons. The smallest absolute Gasteiger partial charge is 0.315 e. The zero-order chi connectivity index (χ0) is 18.4. The van der Waals surface area contributed by atoms with E-state index in [0.29, 0.717) is 5.92 Å². The Morgan fingerprint density at radius 2 is 2.04 bits per heavy atom. The van der Waals surface area contributed by atoms with Crippen LogP contribution in [0.25, 0.3) is 0 Å². The van der Waals surface area contributed by atoms with E-state index in [2.05, 4.69) is 25.1 Å². The number of hydrogen-bond acceptors (Lipinski definition) is 2. The van der Waals surface area contributed by atoms with Crippen LogP contribution in [0, 0.1) is 0 Å². The quantitative estimate of drug-likeness (QED) is 0.665. The van der Waals surface area contributed by atoms with Gasteiger partial charge in [0.2, 0.25) is 0 Å². The first-order valence-electron chi connectivity index (χ1n) is 10.5. The molecule has 2 unspecified atom stereocenters. The van der Waals surface area contributed by atoms with Crippen molar-refractivity contribution in [1.82, 2.24) is 4.90 Å². The molecule has 26 heavy (non-hydrogen) atoms. The Hall–Kier alpha value is -1.71. The number of hydrogen-bond donors (Lipinski definition) is 1. The minimum absolute atomic E-state index is 0.256. The molecule has 1 aliphatic carbocycles. The molecule has 3 rings (SSSR count). The zero-order valence-electron chi connectivity index (χ0n) is 16.2. The summed E-state index contributed by atoms with van der Waals surface area (Å²) in [5.41, 5.74) is 8.45. The molecule has 4 heteroatoms. The Morgan fingerprint density at radius 1 is 1.19 bits per heavy atom. The van der Waals surface area contributed by atoms with Gasteiger partial charge in [-0.25, -0.2) is 4.79 Å². The van der Waals surface area contributed by atoms with E-state index in [9.17, 15) is 4.79 Å². The Kier molecular flexibility index (Phi) is 6.81. The largest absolute Gasteiger partial charge is 0.494 e. The highest BCUT2D eigenvalue weighted by atomic mass is 16.5. The van der Waals surface area contributed by atoms with Crippen LogP contribution < -0.4 is 10.5 Å². The predicted octanol–water partition coefficient (Wildman–Crippen LogP) is 5.00. The van der Waals surface area contributed by atoms with Gasteiger partial charge in [0.25, 0.3) is 0 Å². The number of ether oxygens (including phenoxy) is 1. The van der Waals surface area contributed by atoms with E-state index in [0.717, 1.165) is 51.0 Å². The Bertz CT molecular complexity index is 602. The molecule has 4 nitrogen and oxygen atoms in total. The number of likely N-dealkylation sites (tertiary alicyclic amines) is 1. The van der Waals surface area contributed by atoms with E-state index < -0.39 is 0 Å². The molecule has 2 aliphatic rings. The van der Waals surface area contributed by atoms with Gasteiger partial charge in [-0.2, -0.15) is 0 Å². The number of nitrogens with zero attached hydrogens (tertiary/aromatic N) is 1. The van der Waals surface area contributed by atoms with Gasteiger partial charge in [-0.05, 0) is 61.8 Å². The first-order chi connectivity index (χ1) is 12.7. The number of amides is 2. The fraction of sp³-hybridized carbons (Fsp3) is 0.682. The lowest BCUT2D eigenvalue weighted by molar-refractivity contribution is 0.144. The summed E-state index contributed by atoms with van der Waals surface area (Å²) in [6, 6.07) is 6.56. The number of primary amides is 1. The van der Waals surface area contributed by atoms with Gasteiger partial charge in [0.05, 0.1) is 6.61 Å². The van der Waals surface area contributed by atoms with Crippen molar-refractivity contribution in [2.24, 2.45) is 5.73 Å². The second kappa shape index (κ2) is 9.29. The molecule has 1 aromatic carbocycles. The number of carbonyl (C=O) groups is 1. The maximum absolute atomic E-state index is 11.9. The molecule has 1 saturated heterocycles. The van der Waals surface area contributed by atoms with Gasteiger partial charge in [-0.1, -0.05) is 38.7 Å². The maximum atomic E-state index is 11.9. The average Bonchev–Trinajstić information content (AvgIpc) is 3.07. The molecule has 1 aliphatic heterocycles. The van der Waals surface area contributed by atoms with Crippen LogP contribution in [0.1, 0.15) is 81.8 Å². The van der Waals surface area contributed by atoms with E-state index in [1.54, 1.807) is 0 Å². The molecule has 1 heterocycles. The lowest BCUT2D eigenvalue weighted by Crippen LogP contribution is -2.48. The highest BCUT2D eigenvalue weighted by Gasteiger charge is 2.36. The molecule has 2 atom stereocenters. The molecular formula is C22H34N2O2. The van der Waals surface area contributed by atoms with Gasteiger partial charge in [0.15, 0.2) is 0 Å². The number of unbranched alkanes of at least 4 members (excludes halogenated alkanes) is 4. The van der Waals surface area contributed by atoms with E-state index in [1.807, 2.05) is 4.90 Å². The van der Waals surface area contributed by atoms with Gasteiger partial charge in [-0.15, -0.1) is 0 Å². The predicted molar refractivity (Wildman–Crippen MR) is 106 cm³/mol. The number of carbonyl (C=O) groups excluding carboxylic acids is 1. The van der Waals surface area contributed by atoms with Crippen LogP contribution in [0.2, 0.25) is 0 Å². The third kappa shape index (κ3) is 4.52. The minimum Gasteiger partial charge on any atom is -0.494 e. The summed E-state index contributed by atoms with van der Waals surface area (Å²) < 4.78 is 6.02. The van der Waals surface area contributed by atoms with E-state index in [1.165, 1.54) is 43.2 Å². The fourth-order valence-electron chi connectivity index (χ4n) is 4.65. The van der Waals surface area contributed by atoms with Crippen LogP contribution in [0.15, 0.2) is 18.2 Å². The van der Waals surface area contributed by atoms with Gasteiger partial charge in [0.1, 0.15) is 5.75 Å². The summed E-state index contributed by atoms with van der Waals surface area (Å²) in [6.07, 6.45) is 11.8. The lowest BCUT2D eigenvalue weighted by atomic mass is 9.86. The lowest BCUT2D eigenvalue weighted by Gasteiger charge is -2.38. The molecule has 0 spiro atoms. The molecule has 1 aromatic rings. The van der Waals surface area contributed by atoms with Gasteiger partial charge in [-0.3, -0.25) is 0 Å². The van der Waals surface area contributed by atoms with Crippen molar-refractivity contribution in [2.75, 3.05) is 13.2 Å². The normalized spacial score (nSPS) is 22.3. The van der Waals surface area contributed by atoms with Crippen LogP contribution in [0.5, 0.6) is 5.75 Å². The highest BCUT2D eigenvalue weighted by Crippen LogP contribution is 2.41. The number of aryl methyl sites for hydroxylation is 1. The third-order valence-corrected chi connectivity index (χ3v) is 6.05. The van der Waals surface area contributed by atoms with Crippen LogP contribution >= 0.6 is 0 Å². The second-order valence-electron chi connectivity index (χ2n) is 7.86. The van der Waals surface area contributed by atoms with E-state index in [-0.39, 0.29) is 12.1 Å². The average molecular weight is 359 g/mol. The van der Waals surface area contributed by atoms with Crippen LogP contribution in [0.4, 0.5) is 4.79 Å². The van der Waals surface area contributed by atoms with Crippen molar-refractivity contribution in [2.45, 2.75) is 83.1 Å². The topological polar surface area (TPSA) is 55.6 Å². The van der Waals surface area contributed by atoms with Crippen molar-refractivity contribution >= 4 is 6.03 Å². The summed E-state index contributed by atoms with van der Waals surface area (Å²) >= 11 is 0. The first kappa shape index (κ1) is 19.1. The van der Waals surface area contributed by atoms with Crippen LogP contribution in [-0.4, -0.2) is 30.1 Å². The molecule has 1 fully saturated rings. The SMILES string of the molecule is CCCCCCCOc1ccc2c(c1)C(C1CCCCN1C(N)=O)CC2. The van der Waals surface area contributed by atoms with Crippen molar-refractivity contribution in [3.63, 3.8) is 0 Å². The minimum atomic E-state index is -0.261. The molecular weight excluding hydrogens is 324 g/mol. The molecule has 2 amide bonds. The summed E-state index contributed by atoms with van der Waals surface area (Å²) in [5.74, 6) is 1.39. The third-order valence-electron chi connectivity index (χ3n) is 6.05. The van der Waals surface area contributed by atoms with Crippen molar-refractivity contribution < 1.29 is 9.53 Å². The molecule has 0 radical (unpaired) electrons. The number of piperidine rings is 1. The maximum Gasteiger partial charge on any atom is 0.315 e. The number of nitrogens with two attached hydrogens (primary N) is 1. The Morgan fingerprint density at radius 3 is 2.85 bits per heavy atom. The Labute approximate surface area is 158 Å². The standard InChI is InChI=1S/C22H34N2O2/c1-2-3-4-5-8-15-26-18-12-10-17-11-13-19(20(17)16-18)21-9-6-7-14-24(21)22(23)25/h10,12,16,19,21H,2-9,11,13-15H2,1H3,(H2,23,25). The van der Waals surface area contributed by atoms with Crippen molar-refractivity contribution in [1.29, 1.82) is 0 Å². The number of fused-ring (bicyclic) bond motifs is 1. The highest BCUT2D eigenvalue weighted by molar-refractivity contribution is 5.72. The molecule has 0 saturated carbocycles. The Balaban J connectivity index is 1.62. The van der Waals surface area contributed by atoms with Crippen LogP contribution in [0.3, 0.4) is 0 Å². The first-order valence-corrected chi connectivity index (χ1v) is 10.5. The number of urea groups is 1. The van der Waals surface area contributed by atoms with Gasteiger partial charge >= 0.3 is 6.03 Å². The van der Waals surface area contributed by atoms with E-state index in [4.69, 9.17) is 10.5 Å². The zero-order valence-corrected chi connectivity index (χ0v) is 16.2. The van der Waals surface area contributed by atoms with Gasteiger partial charge in [0, 0.05) is 18.5 Å². The number of benzene rings is 1. The molecule has 2 N–H and O–H groups in total. The second-order valence-corrected chi connectivity index (χ2v) is 7.86. The van der Waals surface area contributed by atoms with E-state index >= 15 is 0 Å².